The third-order valence-electron chi connectivity index (χ3n) is 4.83. The maximum Gasteiger partial charge on any atom is 0.319 e. The Hall–Kier alpha value is -3.14. The number of carbonyl (C=O) groups excluding carboxylic acids is 1. The molecule has 4 nitrogen and oxygen atoms in total. The molecule has 1 heterocycles. The van der Waals surface area contributed by atoms with E-state index in [1.54, 1.807) is 6.20 Å². The molecule has 0 aliphatic rings. The van der Waals surface area contributed by atoms with Crippen LogP contribution in [0.1, 0.15) is 39.6 Å². The van der Waals surface area contributed by atoms with E-state index in [2.05, 4.69) is 65.9 Å². The van der Waals surface area contributed by atoms with Crippen LogP contribution in [0.25, 0.3) is 0 Å². The van der Waals surface area contributed by atoms with Crippen molar-refractivity contribution in [1.29, 1.82) is 0 Å². The van der Waals surface area contributed by atoms with E-state index < -0.39 is 0 Å². The molecule has 0 spiro atoms. The summed E-state index contributed by atoms with van der Waals surface area (Å²) in [5, 5.41) is 6.12. The number of hydrogen-bond donors (Lipinski definition) is 2. The second kappa shape index (κ2) is 8.70. The number of pyridine rings is 1. The minimum atomic E-state index is -0.224. The smallest absolute Gasteiger partial charge is 0.319 e. The fraction of sp³-hybridized carbons (Fsp3) is 0.250. The maximum atomic E-state index is 12.8. The van der Waals surface area contributed by atoms with Crippen molar-refractivity contribution in [2.75, 3.05) is 5.32 Å². The number of urea groups is 1. The van der Waals surface area contributed by atoms with Gasteiger partial charge in [-0.25, -0.2) is 4.79 Å². The Labute approximate surface area is 167 Å². The van der Waals surface area contributed by atoms with E-state index in [-0.39, 0.29) is 12.1 Å². The van der Waals surface area contributed by atoms with Gasteiger partial charge < -0.3 is 10.6 Å². The molecule has 0 saturated carbocycles. The molecule has 3 rings (SSSR count). The van der Waals surface area contributed by atoms with Gasteiger partial charge in [-0.2, -0.15) is 0 Å². The highest BCUT2D eigenvalue weighted by Crippen LogP contribution is 2.23. The van der Waals surface area contributed by atoms with E-state index in [1.165, 1.54) is 11.1 Å². The first-order valence-electron chi connectivity index (χ1n) is 9.54. The Morgan fingerprint density at radius 1 is 0.929 bits per heavy atom. The third-order valence-corrected chi connectivity index (χ3v) is 4.83. The van der Waals surface area contributed by atoms with Gasteiger partial charge in [-0.15, -0.1) is 0 Å². The molecule has 28 heavy (non-hydrogen) atoms. The van der Waals surface area contributed by atoms with Crippen molar-refractivity contribution < 1.29 is 4.79 Å². The lowest BCUT2D eigenvalue weighted by Crippen LogP contribution is -2.34. The molecule has 0 saturated heterocycles. The molecular weight excluding hydrogens is 346 g/mol. The lowest BCUT2D eigenvalue weighted by molar-refractivity contribution is 0.248. The quantitative estimate of drug-likeness (QED) is 0.627. The molecule has 1 aromatic heterocycles. The molecule has 0 fully saturated rings. The van der Waals surface area contributed by atoms with E-state index in [4.69, 9.17) is 0 Å². The van der Waals surface area contributed by atoms with Crippen molar-refractivity contribution in [2.24, 2.45) is 0 Å². The molecule has 0 radical (unpaired) electrons. The van der Waals surface area contributed by atoms with Crippen LogP contribution < -0.4 is 10.6 Å². The highest BCUT2D eigenvalue weighted by atomic mass is 16.2. The van der Waals surface area contributed by atoms with Crippen molar-refractivity contribution in [2.45, 2.75) is 40.2 Å². The first-order valence-corrected chi connectivity index (χ1v) is 9.54. The molecule has 2 amide bonds. The van der Waals surface area contributed by atoms with Crippen molar-refractivity contribution in [3.05, 3.63) is 94.3 Å². The van der Waals surface area contributed by atoms with Crippen LogP contribution in [0.4, 0.5) is 10.5 Å². The number of anilines is 1. The van der Waals surface area contributed by atoms with E-state index >= 15 is 0 Å². The van der Waals surface area contributed by atoms with Gasteiger partial charge in [0.25, 0.3) is 0 Å². The van der Waals surface area contributed by atoms with E-state index in [0.717, 1.165) is 28.1 Å². The molecule has 0 aliphatic heterocycles. The number of amides is 2. The fourth-order valence-electron chi connectivity index (χ4n) is 3.46. The van der Waals surface area contributed by atoms with Crippen molar-refractivity contribution in [3.8, 4) is 0 Å². The lowest BCUT2D eigenvalue weighted by Gasteiger charge is -2.20. The zero-order chi connectivity index (χ0) is 20.1. The van der Waals surface area contributed by atoms with Gasteiger partial charge in [0.2, 0.25) is 0 Å². The number of aryl methyl sites for hydroxylation is 4. The Kier molecular flexibility index (Phi) is 6.09. The molecule has 3 aromatic rings. The summed E-state index contributed by atoms with van der Waals surface area (Å²) in [4.78, 5) is 17.2. The Balaban J connectivity index is 1.79. The highest BCUT2D eigenvalue weighted by molar-refractivity contribution is 5.91. The highest BCUT2D eigenvalue weighted by Gasteiger charge is 2.17. The summed E-state index contributed by atoms with van der Waals surface area (Å²) >= 11 is 0. The zero-order valence-electron chi connectivity index (χ0n) is 16.9. The van der Waals surface area contributed by atoms with Gasteiger partial charge in [0, 0.05) is 11.9 Å². The van der Waals surface area contributed by atoms with Gasteiger partial charge in [0.15, 0.2) is 0 Å². The summed E-state index contributed by atoms with van der Waals surface area (Å²) in [5.74, 6) is 0. The predicted octanol–water partition coefficient (Wildman–Crippen LogP) is 5.42. The number of rotatable bonds is 5. The molecule has 4 heteroatoms. The number of benzene rings is 2. The molecule has 0 bridgehead atoms. The first kappa shape index (κ1) is 19.6. The molecule has 2 aromatic carbocycles. The number of nitrogens with one attached hydrogen (secondary N) is 2. The summed E-state index contributed by atoms with van der Waals surface area (Å²) < 4.78 is 0. The Bertz CT molecular complexity index is 926. The molecule has 1 unspecified atom stereocenters. The second-order valence-electron chi connectivity index (χ2n) is 7.37. The number of hydrogen-bond acceptors (Lipinski definition) is 2. The van der Waals surface area contributed by atoms with Crippen LogP contribution in [-0.4, -0.2) is 11.0 Å². The molecular formula is C24H27N3O. The maximum absolute atomic E-state index is 12.8. The Morgan fingerprint density at radius 2 is 1.61 bits per heavy atom. The van der Waals surface area contributed by atoms with E-state index in [1.807, 2.05) is 32.0 Å². The molecule has 0 aliphatic carbocycles. The number of nitrogens with zero attached hydrogens (tertiary/aromatic N) is 1. The molecule has 144 valence electrons. The number of carbonyl (C=O) groups is 1. The van der Waals surface area contributed by atoms with Crippen LogP contribution in [-0.2, 0) is 6.42 Å². The topological polar surface area (TPSA) is 54.0 Å². The molecule has 2 N–H and O–H groups in total. The molecule has 1 atom stereocenters. The normalized spacial score (nSPS) is 11.7. The minimum absolute atomic E-state index is 0.213. The van der Waals surface area contributed by atoms with Crippen molar-refractivity contribution in [3.63, 3.8) is 0 Å². The first-order chi connectivity index (χ1) is 13.4. The van der Waals surface area contributed by atoms with Gasteiger partial charge in [-0.1, -0.05) is 53.6 Å². The van der Waals surface area contributed by atoms with Crippen LogP contribution in [0.3, 0.4) is 0 Å². The van der Waals surface area contributed by atoms with E-state index in [0.29, 0.717) is 6.42 Å². The Morgan fingerprint density at radius 3 is 2.21 bits per heavy atom. The fourth-order valence-corrected chi connectivity index (χ4v) is 3.46. The van der Waals surface area contributed by atoms with Crippen LogP contribution in [0.5, 0.6) is 0 Å². The van der Waals surface area contributed by atoms with Gasteiger partial charge in [0.1, 0.15) is 0 Å². The van der Waals surface area contributed by atoms with E-state index in [9.17, 15) is 4.79 Å². The van der Waals surface area contributed by atoms with Crippen LogP contribution in [0.2, 0.25) is 0 Å². The standard InChI is InChI=1S/C24H27N3O/c1-16-8-10-20(11-9-16)15-22(21-7-5-6-12-25-21)26-24(28)27-23-18(3)13-17(2)14-19(23)4/h5-14,22H,15H2,1-4H3,(H2,26,27,28). The lowest BCUT2D eigenvalue weighted by atomic mass is 10.0. The zero-order valence-corrected chi connectivity index (χ0v) is 16.9. The largest absolute Gasteiger partial charge is 0.329 e. The average Bonchev–Trinajstić information content (AvgIpc) is 2.66. The number of aromatic nitrogens is 1. The van der Waals surface area contributed by atoms with Gasteiger partial charge in [-0.3, -0.25) is 4.98 Å². The minimum Gasteiger partial charge on any atom is -0.329 e. The monoisotopic (exact) mass is 373 g/mol. The van der Waals surface area contributed by atoms with Crippen LogP contribution >= 0.6 is 0 Å². The predicted molar refractivity (Wildman–Crippen MR) is 115 cm³/mol. The summed E-state index contributed by atoms with van der Waals surface area (Å²) in [6.45, 7) is 8.15. The summed E-state index contributed by atoms with van der Waals surface area (Å²) in [7, 11) is 0. The van der Waals surface area contributed by atoms with Crippen molar-refractivity contribution >= 4 is 11.7 Å². The SMILES string of the molecule is Cc1ccc(CC(NC(=O)Nc2c(C)cc(C)cc2C)c2ccccn2)cc1. The van der Waals surface area contributed by atoms with Crippen LogP contribution in [0, 0.1) is 27.7 Å². The van der Waals surface area contributed by atoms with Gasteiger partial charge >= 0.3 is 6.03 Å². The average molecular weight is 374 g/mol. The van der Waals surface area contributed by atoms with Gasteiger partial charge in [0.05, 0.1) is 11.7 Å². The summed E-state index contributed by atoms with van der Waals surface area (Å²) in [6.07, 6.45) is 2.43. The summed E-state index contributed by atoms with van der Waals surface area (Å²) in [6, 6.07) is 17.8. The van der Waals surface area contributed by atoms with Crippen molar-refractivity contribution in [1.82, 2.24) is 10.3 Å². The third kappa shape index (κ3) is 4.97. The second-order valence-corrected chi connectivity index (χ2v) is 7.37. The van der Waals surface area contributed by atoms with Crippen LogP contribution in [0.15, 0.2) is 60.8 Å². The van der Waals surface area contributed by atoms with Gasteiger partial charge in [-0.05, 0) is 62.9 Å². The summed E-state index contributed by atoms with van der Waals surface area (Å²) in [5.41, 5.74) is 7.38.